The van der Waals surface area contributed by atoms with Gasteiger partial charge in [-0.25, -0.2) is 9.37 Å². The lowest BCUT2D eigenvalue weighted by atomic mass is 10.1. The highest BCUT2D eigenvalue weighted by Crippen LogP contribution is 2.26. The Balaban J connectivity index is 1.70. The zero-order valence-electron chi connectivity index (χ0n) is 12.8. The van der Waals surface area contributed by atoms with E-state index in [2.05, 4.69) is 16.4 Å². The number of rotatable bonds is 4. The second-order valence-corrected chi connectivity index (χ2v) is 6.42. The fraction of sp³-hybridized carbons (Fsp3) is 0.0556. The molecule has 0 radical (unpaired) electrons. The summed E-state index contributed by atoms with van der Waals surface area (Å²) in [7, 11) is 0. The lowest BCUT2D eigenvalue weighted by Gasteiger charge is -2.05. The quantitative estimate of drug-likeness (QED) is 0.725. The van der Waals surface area contributed by atoms with E-state index in [-0.39, 0.29) is 17.0 Å². The number of nitrogens with zero attached hydrogens (tertiary/aromatic N) is 2. The summed E-state index contributed by atoms with van der Waals surface area (Å²) in [6.07, 6.45) is -0.169. The van der Waals surface area contributed by atoms with Crippen molar-refractivity contribution in [3.05, 3.63) is 69.8 Å². The van der Waals surface area contributed by atoms with Gasteiger partial charge in [-0.3, -0.25) is 4.79 Å². The van der Waals surface area contributed by atoms with Crippen molar-refractivity contribution in [3.8, 4) is 17.3 Å². The third kappa shape index (κ3) is 4.02. The zero-order valence-corrected chi connectivity index (χ0v) is 14.4. The fourth-order valence-electron chi connectivity index (χ4n) is 2.20. The normalized spacial score (nSPS) is 10.3. The Morgan fingerprint density at radius 2 is 2.04 bits per heavy atom. The second-order valence-electron chi connectivity index (χ2n) is 5.15. The third-order valence-electron chi connectivity index (χ3n) is 3.46. The molecular weight excluding hydrogens is 361 g/mol. The van der Waals surface area contributed by atoms with Gasteiger partial charge in [0.05, 0.1) is 23.7 Å². The standard InChI is InChI=1S/C18H11ClFN3OS/c19-14-2-1-3-15(20)13(14)8-17(24)23-18-22-16(10-25-18)12-6-4-11(9-21)5-7-12/h1-7,10H,8H2,(H,22,23,24). The SMILES string of the molecule is N#Cc1ccc(-c2csc(NC(=O)Cc3c(F)cccc3Cl)n2)cc1. The Hall–Kier alpha value is -2.75. The molecule has 0 saturated heterocycles. The van der Waals surface area contributed by atoms with Crippen molar-refractivity contribution < 1.29 is 9.18 Å². The Morgan fingerprint density at radius 3 is 2.72 bits per heavy atom. The van der Waals surface area contributed by atoms with Gasteiger partial charge in [-0.2, -0.15) is 5.26 Å². The van der Waals surface area contributed by atoms with E-state index in [0.717, 1.165) is 5.56 Å². The molecule has 1 aromatic heterocycles. The number of nitriles is 1. The van der Waals surface area contributed by atoms with E-state index in [1.54, 1.807) is 35.7 Å². The van der Waals surface area contributed by atoms with Gasteiger partial charge in [0.2, 0.25) is 5.91 Å². The van der Waals surface area contributed by atoms with Crippen molar-refractivity contribution in [2.24, 2.45) is 0 Å². The van der Waals surface area contributed by atoms with Crippen LogP contribution in [0.1, 0.15) is 11.1 Å². The van der Waals surface area contributed by atoms with Crippen LogP contribution in [0.2, 0.25) is 5.02 Å². The molecule has 7 heteroatoms. The smallest absolute Gasteiger partial charge is 0.230 e. The van der Waals surface area contributed by atoms with Crippen molar-refractivity contribution in [1.82, 2.24) is 4.98 Å². The number of amides is 1. The summed E-state index contributed by atoms with van der Waals surface area (Å²) >= 11 is 7.20. The lowest BCUT2D eigenvalue weighted by Crippen LogP contribution is -2.15. The lowest BCUT2D eigenvalue weighted by molar-refractivity contribution is -0.115. The first-order chi connectivity index (χ1) is 12.1. The molecule has 0 aliphatic carbocycles. The average molecular weight is 372 g/mol. The molecule has 0 aliphatic rings. The van der Waals surface area contributed by atoms with E-state index in [1.165, 1.54) is 23.5 Å². The molecule has 1 heterocycles. The van der Waals surface area contributed by atoms with E-state index in [9.17, 15) is 9.18 Å². The highest BCUT2D eigenvalue weighted by molar-refractivity contribution is 7.14. The minimum Gasteiger partial charge on any atom is -0.302 e. The highest BCUT2D eigenvalue weighted by atomic mass is 35.5. The first-order valence-electron chi connectivity index (χ1n) is 7.25. The first kappa shape index (κ1) is 17.1. The van der Waals surface area contributed by atoms with Crippen LogP contribution in [0.3, 0.4) is 0 Å². The minimum atomic E-state index is -0.514. The van der Waals surface area contributed by atoms with Crippen molar-refractivity contribution in [2.45, 2.75) is 6.42 Å². The molecule has 3 aromatic rings. The molecule has 25 heavy (non-hydrogen) atoms. The molecule has 4 nitrogen and oxygen atoms in total. The maximum atomic E-state index is 13.7. The van der Waals surface area contributed by atoms with Gasteiger partial charge in [-0.15, -0.1) is 11.3 Å². The van der Waals surface area contributed by atoms with Gasteiger partial charge >= 0.3 is 0 Å². The molecule has 1 amide bonds. The predicted molar refractivity (Wildman–Crippen MR) is 96.0 cm³/mol. The molecule has 0 aliphatic heterocycles. The summed E-state index contributed by atoms with van der Waals surface area (Å²) in [6, 6.07) is 13.3. The first-order valence-corrected chi connectivity index (χ1v) is 8.51. The number of carbonyl (C=O) groups excluding carboxylic acids is 1. The zero-order chi connectivity index (χ0) is 17.8. The van der Waals surface area contributed by atoms with Gasteiger partial charge in [0.1, 0.15) is 5.82 Å². The van der Waals surface area contributed by atoms with Crippen molar-refractivity contribution in [3.63, 3.8) is 0 Å². The number of aromatic nitrogens is 1. The van der Waals surface area contributed by atoms with Crippen LogP contribution in [0.5, 0.6) is 0 Å². The van der Waals surface area contributed by atoms with Crippen LogP contribution >= 0.6 is 22.9 Å². The van der Waals surface area contributed by atoms with Gasteiger partial charge in [-0.1, -0.05) is 29.8 Å². The summed E-state index contributed by atoms with van der Waals surface area (Å²) in [5, 5.41) is 13.9. The van der Waals surface area contributed by atoms with E-state index in [0.29, 0.717) is 16.4 Å². The molecule has 0 bridgehead atoms. The molecule has 0 spiro atoms. The van der Waals surface area contributed by atoms with Crippen molar-refractivity contribution in [1.29, 1.82) is 5.26 Å². The molecule has 124 valence electrons. The summed E-state index contributed by atoms with van der Waals surface area (Å²) in [4.78, 5) is 16.4. The average Bonchev–Trinajstić information content (AvgIpc) is 3.07. The monoisotopic (exact) mass is 371 g/mol. The Morgan fingerprint density at radius 1 is 1.28 bits per heavy atom. The Bertz CT molecular complexity index is 943. The summed E-state index contributed by atoms with van der Waals surface area (Å²) in [5.74, 6) is -0.909. The van der Waals surface area contributed by atoms with Crippen LogP contribution in [0.25, 0.3) is 11.3 Å². The molecule has 0 saturated carbocycles. The van der Waals surface area contributed by atoms with Gasteiger partial charge in [0.25, 0.3) is 0 Å². The number of benzene rings is 2. The topological polar surface area (TPSA) is 65.8 Å². The predicted octanol–water partition coefficient (Wildman–Crippen LogP) is 4.66. The number of thiazole rings is 1. The Kier molecular flexibility index (Phi) is 5.08. The van der Waals surface area contributed by atoms with E-state index in [1.807, 2.05) is 0 Å². The summed E-state index contributed by atoms with van der Waals surface area (Å²) < 4.78 is 13.7. The van der Waals surface area contributed by atoms with Crippen LogP contribution in [0.4, 0.5) is 9.52 Å². The van der Waals surface area contributed by atoms with Gasteiger partial charge in [0, 0.05) is 21.5 Å². The number of nitrogens with one attached hydrogen (secondary N) is 1. The van der Waals surface area contributed by atoms with Crippen molar-refractivity contribution in [2.75, 3.05) is 5.32 Å². The molecule has 1 N–H and O–H groups in total. The van der Waals surface area contributed by atoms with Crippen LogP contribution in [0.15, 0.2) is 47.8 Å². The van der Waals surface area contributed by atoms with E-state index < -0.39 is 11.7 Å². The van der Waals surface area contributed by atoms with Crippen LogP contribution in [-0.2, 0) is 11.2 Å². The van der Waals surface area contributed by atoms with Crippen LogP contribution in [-0.4, -0.2) is 10.9 Å². The van der Waals surface area contributed by atoms with Crippen molar-refractivity contribution >= 4 is 34.0 Å². The van der Waals surface area contributed by atoms with E-state index >= 15 is 0 Å². The molecule has 2 aromatic carbocycles. The van der Waals surface area contributed by atoms with Gasteiger partial charge < -0.3 is 5.32 Å². The van der Waals surface area contributed by atoms with E-state index in [4.69, 9.17) is 16.9 Å². The molecular formula is C18H11ClFN3OS. The number of hydrogen-bond donors (Lipinski definition) is 1. The molecule has 0 atom stereocenters. The summed E-state index contributed by atoms with van der Waals surface area (Å²) in [6.45, 7) is 0. The third-order valence-corrected chi connectivity index (χ3v) is 4.57. The summed E-state index contributed by atoms with van der Waals surface area (Å²) in [5.41, 5.74) is 2.25. The molecule has 3 rings (SSSR count). The minimum absolute atomic E-state index is 0.158. The van der Waals surface area contributed by atoms with Gasteiger partial charge in [0.15, 0.2) is 5.13 Å². The highest BCUT2D eigenvalue weighted by Gasteiger charge is 2.13. The largest absolute Gasteiger partial charge is 0.302 e. The van der Waals surface area contributed by atoms with Crippen LogP contribution < -0.4 is 5.32 Å². The Labute approximate surface area is 152 Å². The second kappa shape index (κ2) is 7.43. The van der Waals surface area contributed by atoms with Crippen LogP contribution in [0, 0.1) is 17.1 Å². The number of hydrogen-bond acceptors (Lipinski definition) is 4. The number of halogens is 2. The number of carbonyl (C=O) groups is 1. The molecule has 0 unspecified atom stereocenters. The maximum Gasteiger partial charge on any atom is 0.230 e. The fourth-order valence-corrected chi connectivity index (χ4v) is 3.17. The maximum absolute atomic E-state index is 13.7. The van der Waals surface area contributed by atoms with Gasteiger partial charge in [-0.05, 0) is 24.3 Å². The molecule has 0 fully saturated rings. The number of anilines is 1.